The summed E-state index contributed by atoms with van der Waals surface area (Å²) in [7, 11) is -0.311. The Morgan fingerprint density at radius 2 is 1.12 bits per heavy atom. The fraction of sp³-hybridized carbons (Fsp3) is 0.697. The molecule has 0 radical (unpaired) electrons. The third kappa shape index (κ3) is 12.1. The van der Waals surface area contributed by atoms with Crippen LogP contribution in [0.5, 0.6) is 0 Å². The molecule has 0 nitrogen and oxygen atoms in total. The van der Waals surface area contributed by atoms with Gasteiger partial charge in [-0.2, -0.15) is 0 Å². The van der Waals surface area contributed by atoms with Crippen LogP contribution in [0, 0.1) is 5.92 Å². The predicted octanol–water partition coefficient (Wildman–Crippen LogP) is 9.76. The van der Waals surface area contributed by atoms with Crippen molar-refractivity contribution < 1.29 is 0 Å². The highest BCUT2D eigenvalue weighted by Gasteiger charge is 2.24. The van der Waals surface area contributed by atoms with Gasteiger partial charge in [-0.3, -0.25) is 0 Å². The monoisotopic (exact) mass is 480 g/mol. The maximum absolute atomic E-state index is 2.62. The second-order valence-corrected chi connectivity index (χ2v) is 13.0. The lowest BCUT2D eigenvalue weighted by Crippen LogP contribution is -2.20. The smallest absolute Gasteiger partial charge is 0.0753 e. The van der Waals surface area contributed by atoms with Gasteiger partial charge in [0, 0.05) is 0 Å². The van der Waals surface area contributed by atoms with E-state index < -0.39 is 0 Å². The summed E-state index contributed by atoms with van der Waals surface area (Å²) in [5.41, 5.74) is 3.38. The lowest BCUT2D eigenvalue weighted by molar-refractivity contribution is 0.519. The van der Waals surface area contributed by atoms with E-state index in [1.54, 1.807) is 16.3 Å². The van der Waals surface area contributed by atoms with E-state index in [9.17, 15) is 0 Å². The van der Waals surface area contributed by atoms with E-state index in [1.165, 1.54) is 122 Å². The average molecular weight is 481 g/mol. The van der Waals surface area contributed by atoms with E-state index in [4.69, 9.17) is 0 Å². The second-order valence-electron chi connectivity index (χ2n) is 11.0. The Bertz CT molecular complexity index is 684. The molecule has 1 aromatic carbocycles. The zero-order chi connectivity index (χ0) is 24.3. The van der Waals surface area contributed by atoms with Gasteiger partial charge in [-0.15, -0.1) is 0 Å². The number of benzene rings is 1. The van der Waals surface area contributed by atoms with Crippen molar-refractivity contribution in [1.29, 1.82) is 0 Å². The molecular formula is C33H56Si. The van der Waals surface area contributed by atoms with Crippen molar-refractivity contribution in [3.8, 4) is 0 Å². The van der Waals surface area contributed by atoms with Crippen molar-refractivity contribution in [3.63, 3.8) is 0 Å². The van der Waals surface area contributed by atoms with Crippen molar-refractivity contribution in [3.05, 3.63) is 52.8 Å². The molecule has 0 amide bonds. The largest absolute Gasteiger partial charge is 0.0832 e. The Kier molecular flexibility index (Phi) is 16.4. The molecule has 0 aliphatic heterocycles. The first-order chi connectivity index (χ1) is 16.8. The van der Waals surface area contributed by atoms with E-state index in [1.807, 2.05) is 5.20 Å². The molecule has 0 fully saturated rings. The summed E-state index contributed by atoms with van der Waals surface area (Å²) in [5, 5.41) is 3.42. The molecule has 2 rings (SSSR count). The van der Waals surface area contributed by atoms with Gasteiger partial charge in [0.1, 0.15) is 0 Å². The van der Waals surface area contributed by atoms with Crippen LogP contribution in [0.2, 0.25) is 0 Å². The standard InChI is InChI=1S/C33H56Si/c1-4-6-7-8-9-10-11-12-13-14-15-16-17-18-19-23-27-32-29(3)30(24-5-2)28-33(32)34-31-25-21-20-22-26-31/h20-22,25-26,28,32H,4-19,23-24,27,34H2,1-3H3. The van der Waals surface area contributed by atoms with Gasteiger partial charge in [-0.05, 0) is 31.3 Å². The summed E-state index contributed by atoms with van der Waals surface area (Å²) in [6.45, 7) is 7.07. The molecular weight excluding hydrogens is 424 g/mol. The van der Waals surface area contributed by atoms with Crippen LogP contribution >= 0.6 is 0 Å². The fourth-order valence-electron chi connectivity index (χ4n) is 5.78. The summed E-state index contributed by atoms with van der Waals surface area (Å²) in [6.07, 6.45) is 29.8. The van der Waals surface area contributed by atoms with Crippen molar-refractivity contribution >= 4 is 14.7 Å². The molecule has 0 N–H and O–H groups in total. The first kappa shape index (κ1) is 29.1. The molecule has 34 heavy (non-hydrogen) atoms. The van der Waals surface area contributed by atoms with Crippen molar-refractivity contribution in [2.24, 2.45) is 5.92 Å². The lowest BCUT2D eigenvalue weighted by atomic mass is 9.94. The van der Waals surface area contributed by atoms with Gasteiger partial charge in [0.2, 0.25) is 0 Å². The topological polar surface area (TPSA) is 0 Å². The zero-order valence-corrected chi connectivity index (χ0v) is 24.6. The van der Waals surface area contributed by atoms with Gasteiger partial charge in [0.25, 0.3) is 0 Å². The van der Waals surface area contributed by atoms with E-state index in [0.29, 0.717) is 0 Å². The quantitative estimate of drug-likeness (QED) is 0.121. The van der Waals surface area contributed by atoms with Gasteiger partial charge in [-0.25, -0.2) is 0 Å². The van der Waals surface area contributed by atoms with Crippen LogP contribution in [-0.2, 0) is 0 Å². The Labute approximate surface area is 215 Å². The molecule has 0 saturated carbocycles. The molecule has 0 heterocycles. The lowest BCUT2D eigenvalue weighted by Gasteiger charge is -2.18. The maximum Gasteiger partial charge on any atom is 0.0832 e. The molecule has 1 aromatic rings. The van der Waals surface area contributed by atoms with Gasteiger partial charge in [0.15, 0.2) is 0 Å². The average Bonchev–Trinajstić information content (AvgIpc) is 3.13. The molecule has 0 saturated heterocycles. The van der Waals surface area contributed by atoms with E-state index >= 15 is 0 Å². The van der Waals surface area contributed by atoms with Crippen LogP contribution in [0.3, 0.4) is 0 Å². The Hall–Kier alpha value is -1.08. The summed E-state index contributed by atoms with van der Waals surface area (Å²) >= 11 is 0. The predicted molar refractivity (Wildman–Crippen MR) is 158 cm³/mol. The molecule has 0 aromatic heterocycles. The van der Waals surface area contributed by atoms with Crippen LogP contribution in [-0.4, -0.2) is 9.52 Å². The molecule has 0 bridgehead atoms. The van der Waals surface area contributed by atoms with Gasteiger partial charge in [-0.1, -0.05) is 175 Å². The summed E-state index contributed by atoms with van der Waals surface area (Å²) < 4.78 is 0. The number of rotatable bonds is 21. The summed E-state index contributed by atoms with van der Waals surface area (Å²) in [6, 6.07) is 11.3. The SMILES string of the molecule is CCCCCCCCCCCCCCCCCCC1C([SiH2]c2ccccc2)=CC(CCC)=C1C. The molecule has 1 aliphatic rings. The molecule has 0 spiro atoms. The van der Waals surface area contributed by atoms with Crippen LogP contribution in [0.1, 0.15) is 143 Å². The molecule has 1 heteroatoms. The van der Waals surface area contributed by atoms with E-state index in [-0.39, 0.29) is 9.52 Å². The van der Waals surface area contributed by atoms with Crippen molar-refractivity contribution in [2.75, 3.05) is 0 Å². The number of hydrogen-bond acceptors (Lipinski definition) is 0. The summed E-state index contributed by atoms with van der Waals surface area (Å²) in [5.74, 6) is 0.764. The highest BCUT2D eigenvalue weighted by Crippen LogP contribution is 2.36. The molecule has 1 unspecified atom stereocenters. The van der Waals surface area contributed by atoms with Gasteiger partial charge >= 0.3 is 0 Å². The molecule has 192 valence electrons. The van der Waals surface area contributed by atoms with Crippen LogP contribution in [0.15, 0.2) is 52.8 Å². The minimum atomic E-state index is -0.311. The van der Waals surface area contributed by atoms with Gasteiger partial charge in [0.05, 0.1) is 9.52 Å². The zero-order valence-electron chi connectivity index (χ0n) is 23.2. The number of hydrogen-bond donors (Lipinski definition) is 0. The minimum Gasteiger partial charge on any atom is -0.0753 e. The second kappa shape index (κ2) is 19.1. The van der Waals surface area contributed by atoms with Crippen LogP contribution < -0.4 is 5.19 Å². The normalized spacial score (nSPS) is 16.2. The van der Waals surface area contributed by atoms with Crippen molar-refractivity contribution in [1.82, 2.24) is 0 Å². The first-order valence-corrected chi connectivity index (χ1v) is 16.6. The highest BCUT2D eigenvalue weighted by atomic mass is 28.2. The van der Waals surface area contributed by atoms with E-state index in [2.05, 4.69) is 57.2 Å². The third-order valence-corrected chi connectivity index (χ3v) is 9.94. The molecule has 1 aliphatic carbocycles. The third-order valence-electron chi connectivity index (χ3n) is 7.95. The number of allylic oxidation sites excluding steroid dienone is 4. The molecule has 1 atom stereocenters. The Morgan fingerprint density at radius 3 is 1.62 bits per heavy atom. The fourth-order valence-corrected chi connectivity index (χ4v) is 7.87. The summed E-state index contributed by atoms with van der Waals surface area (Å²) in [4.78, 5) is 0. The Morgan fingerprint density at radius 1 is 0.618 bits per heavy atom. The number of unbranched alkanes of at least 4 members (excludes halogenated alkanes) is 15. The van der Waals surface area contributed by atoms with Crippen LogP contribution in [0.4, 0.5) is 0 Å². The maximum atomic E-state index is 2.62. The highest BCUT2D eigenvalue weighted by molar-refractivity contribution is 6.61. The first-order valence-electron chi connectivity index (χ1n) is 15.2. The van der Waals surface area contributed by atoms with Crippen LogP contribution in [0.25, 0.3) is 0 Å². The van der Waals surface area contributed by atoms with Gasteiger partial charge < -0.3 is 0 Å². The Balaban J connectivity index is 1.52. The van der Waals surface area contributed by atoms with Crippen molar-refractivity contribution in [2.45, 2.75) is 143 Å². The minimum absolute atomic E-state index is 0.311. The van der Waals surface area contributed by atoms with E-state index in [0.717, 1.165) is 5.92 Å².